The first kappa shape index (κ1) is 23.3. The van der Waals surface area contributed by atoms with Gasteiger partial charge in [0.2, 0.25) is 5.96 Å². The van der Waals surface area contributed by atoms with Crippen molar-refractivity contribution in [2.24, 2.45) is 21.8 Å². The number of allylic oxidation sites excluding steroid dienone is 1. The maximum absolute atomic E-state index is 13.5. The van der Waals surface area contributed by atoms with Crippen LogP contribution in [0.15, 0.2) is 34.4 Å². The second kappa shape index (κ2) is 9.39. The Morgan fingerprint density at radius 1 is 1.32 bits per heavy atom. The van der Waals surface area contributed by atoms with E-state index in [1.165, 1.54) is 18.2 Å². The number of carbonyl (C=O) groups is 1. The van der Waals surface area contributed by atoms with E-state index in [9.17, 15) is 9.18 Å². The Morgan fingerprint density at radius 2 is 1.97 bits per heavy atom. The molecule has 1 N–H and O–H groups in total. The minimum absolute atomic E-state index is 0.121. The SMILES string of the molecule is C=NC(=NC1C[C@@H]2CN(C(=O)OC(C)(C)C)C[C@@H]2C1)N/C=C(\C)c1cc(F)ccc1Cl. The van der Waals surface area contributed by atoms with Crippen molar-refractivity contribution < 1.29 is 13.9 Å². The van der Waals surface area contributed by atoms with Crippen LogP contribution >= 0.6 is 11.6 Å². The highest BCUT2D eigenvalue weighted by Gasteiger charge is 2.43. The van der Waals surface area contributed by atoms with Crippen molar-refractivity contribution in [1.82, 2.24) is 10.2 Å². The summed E-state index contributed by atoms with van der Waals surface area (Å²) < 4.78 is 19.0. The Labute approximate surface area is 188 Å². The van der Waals surface area contributed by atoms with Crippen molar-refractivity contribution >= 4 is 35.9 Å². The quantitative estimate of drug-likeness (QED) is 0.514. The molecule has 2 fully saturated rings. The lowest BCUT2D eigenvalue weighted by molar-refractivity contribution is 0.0279. The molecule has 1 saturated heterocycles. The van der Waals surface area contributed by atoms with Crippen LogP contribution in [0.25, 0.3) is 5.57 Å². The molecule has 1 saturated carbocycles. The van der Waals surface area contributed by atoms with Gasteiger partial charge in [0, 0.05) is 29.9 Å². The maximum atomic E-state index is 13.5. The molecule has 0 spiro atoms. The summed E-state index contributed by atoms with van der Waals surface area (Å²) in [4.78, 5) is 22.8. The highest BCUT2D eigenvalue weighted by atomic mass is 35.5. The number of aliphatic imine (C=N–C) groups is 2. The molecule has 1 unspecified atom stereocenters. The summed E-state index contributed by atoms with van der Waals surface area (Å²) in [6.45, 7) is 12.5. The number of fused-ring (bicyclic) bond motifs is 1. The Hall–Kier alpha value is -2.41. The summed E-state index contributed by atoms with van der Waals surface area (Å²) in [6.07, 6.45) is 3.24. The molecule has 1 aromatic rings. The van der Waals surface area contributed by atoms with Gasteiger partial charge in [0.15, 0.2) is 0 Å². The minimum Gasteiger partial charge on any atom is -0.444 e. The summed E-state index contributed by atoms with van der Waals surface area (Å²) in [7, 11) is 0. The van der Waals surface area contributed by atoms with E-state index in [1.807, 2.05) is 27.7 Å². The number of guanidine groups is 1. The average molecular weight is 449 g/mol. The van der Waals surface area contributed by atoms with Crippen LogP contribution in [0.5, 0.6) is 0 Å². The maximum Gasteiger partial charge on any atom is 0.410 e. The van der Waals surface area contributed by atoms with Gasteiger partial charge >= 0.3 is 6.09 Å². The van der Waals surface area contributed by atoms with Gasteiger partial charge in [0.05, 0.1) is 6.04 Å². The molecule has 0 radical (unpaired) electrons. The number of ether oxygens (including phenoxy) is 1. The van der Waals surface area contributed by atoms with Gasteiger partial charge in [-0.1, -0.05) is 11.6 Å². The van der Waals surface area contributed by atoms with Crippen LogP contribution in [0.1, 0.15) is 46.1 Å². The Bertz CT molecular complexity index is 895. The zero-order valence-electron chi connectivity index (χ0n) is 18.5. The van der Waals surface area contributed by atoms with Crippen LogP contribution in [0.3, 0.4) is 0 Å². The van der Waals surface area contributed by atoms with Crippen LogP contribution in [-0.4, -0.2) is 48.4 Å². The number of nitrogens with zero attached hydrogens (tertiary/aromatic N) is 3. The van der Waals surface area contributed by atoms with E-state index in [2.05, 4.69) is 17.0 Å². The molecule has 0 aromatic heterocycles. The summed E-state index contributed by atoms with van der Waals surface area (Å²) in [5.74, 6) is 0.896. The summed E-state index contributed by atoms with van der Waals surface area (Å²) in [5, 5.41) is 3.53. The number of likely N-dealkylation sites (tertiary alicyclic amines) is 1. The zero-order valence-corrected chi connectivity index (χ0v) is 19.2. The predicted octanol–water partition coefficient (Wildman–Crippen LogP) is 5.13. The third-order valence-electron chi connectivity index (χ3n) is 5.60. The smallest absolute Gasteiger partial charge is 0.410 e. The molecule has 1 aromatic carbocycles. The Morgan fingerprint density at radius 3 is 2.55 bits per heavy atom. The van der Waals surface area contributed by atoms with E-state index in [0.717, 1.165) is 18.4 Å². The first-order chi connectivity index (χ1) is 14.6. The van der Waals surface area contributed by atoms with Crippen molar-refractivity contribution in [3.8, 4) is 0 Å². The molecule has 31 heavy (non-hydrogen) atoms. The normalized spacial score (nSPS) is 24.2. The molecule has 1 amide bonds. The molecule has 1 heterocycles. The van der Waals surface area contributed by atoms with E-state index in [4.69, 9.17) is 21.3 Å². The molecule has 1 aliphatic heterocycles. The van der Waals surface area contributed by atoms with Crippen molar-refractivity contribution in [2.75, 3.05) is 13.1 Å². The number of halogens is 2. The molecule has 168 valence electrons. The molecule has 8 heteroatoms. The standard InChI is InChI=1S/C23H30ClFN4O2/c1-14(19-10-17(25)6-7-20(19)24)11-27-21(26-5)28-18-8-15-12-29(13-16(15)9-18)22(30)31-23(2,3)4/h6-7,10-11,15-16,18H,5,8-9,12-13H2,1-4H3,(H,27,28)/b14-11+/t15-,16+,18?. The van der Waals surface area contributed by atoms with Crippen LogP contribution in [-0.2, 0) is 4.74 Å². The molecular weight excluding hydrogens is 419 g/mol. The van der Waals surface area contributed by atoms with Crippen LogP contribution < -0.4 is 5.32 Å². The number of hydrogen-bond donors (Lipinski definition) is 1. The minimum atomic E-state index is -0.487. The van der Waals surface area contributed by atoms with E-state index in [1.54, 1.807) is 11.1 Å². The number of benzene rings is 1. The fourth-order valence-electron chi connectivity index (χ4n) is 4.20. The Kier molecular flexibility index (Phi) is 7.04. The molecule has 0 bridgehead atoms. The second-order valence-electron chi connectivity index (χ2n) is 9.24. The van der Waals surface area contributed by atoms with E-state index in [-0.39, 0.29) is 18.0 Å². The van der Waals surface area contributed by atoms with Crippen molar-refractivity contribution in [3.05, 3.63) is 40.8 Å². The number of nitrogens with one attached hydrogen (secondary N) is 1. The summed E-state index contributed by atoms with van der Waals surface area (Å²) >= 11 is 6.16. The van der Waals surface area contributed by atoms with Gasteiger partial charge in [-0.3, -0.25) is 0 Å². The molecular formula is C23H30ClFN4O2. The van der Waals surface area contributed by atoms with E-state index in [0.29, 0.717) is 41.5 Å². The van der Waals surface area contributed by atoms with Crippen molar-refractivity contribution in [1.29, 1.82) is 0 Å². The van der Waals surface area contributed by atoms with Crippen molar-refractivity contribution in [2.45, 2.75) is 52.2 Å². The number of hydrogen-bond acceptors (Lipinski definition) is 3. The highest BCUT2D eigenvalue weighted by molar-refractivity contribution is 6.32. The van der Waals surface area contributed by atoms with Crippen LogP contribution in [0, 0.1) is 17.7 Å². The van der Waals surface area contributed by atoms with Gasteiger partial charge in [-0.15, -0.1) is 0 Å². The molecule has 1 aliphatic carbocycles. The third-order valence-corrected chi connectivity index (χ3v) is 5.93. The van der Waals surface area contributed by atoms with E-state index >= 15 is 0 Å². The predicted molar refractivity (Wildman–Crippen MR) is 123 cm³/mol. The van der Waals surface area contributed by atoms with Crippen molar-refractivity contribution in [3.63, 3.8) is 0 Å². The fraction of sp³-hybridized carbons (Fsp3) is 0.522. The van der Waals surface area contributed by atoms with Gasteiger partial charge in [-0.05, 0) is 82.9 Å². The van der Waals surface area contributed by atoms with Gasteiger partial charge in [-0.2, -0.15) is 0 Å². The van der Waals surface area contributed by atoms with Gasteiger partial charge in [0.1, 0.15) is 11.4 Å². The van der Waals surface area contributed by atoms with E-state index < -0.39 is 5.60 Å². The topological polar surface area (TPSA) is 66.3 Å². The summed E-state index contributed by atoms with van der Waals surface area (Å²) in [5.41, 5.74) is 0.881. The largest absolute Gasteiger partial charge is 0.444 e. The summed E-state index contributed by atoms with van der Waals surface area (Å²) in [6, 6.07) is 4.37. The highest BCUT2D eigenvalue weighted by Crippen LogP contribution is 2.40. The van der Waals surface area contributed by atoms with Crippen LogP contribution in [0.2, 0.25) is 5.02 Å². The van der Waals surface area contributed by atoms with Gasteiger partial charge in [-0.25, -0.2) is 19.2 Å². The molecule has 2 aliphatic rings. The fourth-order valence-corrected chi connectivity index (χ4v) is 4.46. The van der Waals surface area contributed by atoms with Crippen LogP contribution in [0.4, 0.5) is 9.18 Å². The lowest BCUT2D eigenvalue weighted by Gasteiger charge is -2.25. The Balaban J connectivity index is 1.58. The molecule has 3 rings (SSSR count). The monoisotopic (exact) mass is 448 g/mol. The number of carbonyl (C=O) groups excluding carboxylic acids is 1. The second-order valence-corrected chi connectivity index (χ2v) is 9.64. The number of amides is 1. The molecule has 3 atom stereocenters. The van der Waals surface area contributed by atoms with Gasteiger partial charge < -0.3 is 15.0 Å². The molecule has 6 nitrogen and oxygen atoms in total. The number of rotatable bonds is 3. The van der Waals surface area contributed by atoms with Gasteiger partial charge in [0.25, 0.3) is 0 Å². The average Bonchev–Trinajstić information content (AvgIpc) is 3.24. The first-order valence-corrected chi connectivity index (χ1v) is 10.8. The third kappa shape index (κ3) is 6.06. The first-order valence-electron chi connectivity index (χ1n) is 10.5. The zero-order chi connectivity index (χ0) is 22.8. The lowest BCUT2D eigenvalue weighted by Crippen LogP contribution is -2.36. The lowest BCUT2D eigenvalue weighted by atomic mass is 10.0.